The standard InChI is InChI=1S/C28H32N4O6/c29-27(35)23(12-18-16-30-22-7-2-1-6-21(18)22)31-28(36)17-13-24(33)26(34)25(14-17)38-20-5-3-4-19(15-20)32-8-10-37-11-9-32/h1-7,14-16,23-26,30,33-34H,8-13H2,(H2,29,35)(H,31,36). The molecular formula is C28H32N4O6. The van der Waals surface area contributed by atoms with Crippen LogP contribution in [0.4, 0.5) is 5.69 Å². The summed E-state index contributed by atoms with van der Waals surface area (Å²) in [6.45, 7) is 2.81. The lowest BCUT2D eigenvalue weighted by atomic mass is 9.91. The van der Waals surface area contributed by atoms with Crippen LogP contribution in [0.25, 0.3) is 10.9 Å². The number of aliphatic hydroxyl groups is 2. The third kappa shape index (κ3) is 5.67. The largest absolute Gasteiger partial charge is 0.483 e. The fourth-order valence-corrected chi connectivity index (χ4v) is 4.93. The van der Waals surface area contributed by atoms with Gasteiger partial charge in [0.15, 0.2) is 0 Å². The van der Waals surface area contributed by atoms with Crippen LogP contribution in [-0.4, -0.2) is 77.7 Å². The van der Waals surface area contributed by atoms with Crippen molar-refractivity contribution in [2.45, 2.75) is 37.2 Å². The zero-order valence-electron chi connectivity index (χ0n) is 20.9. The quantitative estimate of drug-likeness (QED) is 0.298. The Morgan fingerprint density at radius 2 is 1.95 bits per heavy atom. The minimum atomic E-state index is -1.23. The Kier molecular flexibility index (Phi) is 7.64. The van der Waals surface area contributed by atoms with E-state index < -0.39 is 36.2 Å². The molecule has 2 amide bonds. The molecule has 1 fully saturated rings. The van der Waals surface area contributed by atoms with Crippen LogP contribution in [0.15, 0.2) is 66.4 Å². The zero-order chi connectivity index (χ0) is 26.6. The number of nitrogens with zero attached hydrogens (tertiary/aromatic N) is 1. The van der Waals surface area contributed by atoms with Crippen LogP contribution in [0.3, 0.4) is 0 Å². The monoisotopic (exact) mass is 520 g/mol. The number of nitrogens with two attached hydrogens (primary N) is 1. The molecule has 0 saturated carbocycles. The van der Waals surface area contributed by atoms with Gasteiger partial charge >= 0.3 is 0 Å². The van der Waals surface area contributed by atoms with Crippen molar-refractivity contribution in [3.8, 4) is 5.75 Å². The fraction of sp³-hybridized carbons (Fsp3) is 0.357. The number of aromatic amines is 1. The molecule has 2 heterocycles. The molecule has 10 heteroatoms. The van der Waals surface area contributed by atoms with Crippen LogP contribution in [0.2, 0.25) is 0 Å². The highest BCUT2D eigenvalue weighted by Gasteiger charge is 2.35. The molecule has 10 nitrogen and oxygen atoms in total. The van der Waals surface area contributed by atoms with E-state index in [0.717, 1.165) is 35.2 Å². The SMILES string of the molecule is NC(=O)C(Cc1c[nH]c2ccccc12)NC(=O)C1=CC(Oc2cccc(N3CCOCC3)c2)C(O)C(O)C1. The van der Waals surface area contributed by atoms with Crippen molar-refractivity contribution in [1.29, 1.82) is 0 Å². The Balaban J connectivity index is 1.30. The number of fused-ring (bicyclic) bond motifs is 1. The molecule has 1 saturated heterocycles. The first-order valence-electron chi connectivity index (χ1n) is 12.7. The topological polar surface area (TPSA) is 150 Å². The maximum atomic E-state index is 13.2. The van der Waals surface area contributed by atoms with Gasteiger partial charge in [0.25, 0.3) is 0 Å². The van der Waals surface area contributed by atoms with Crippen LogP contribution in [0.5, 0.6) is 5.75 Å². The normalized spacial score (nSPS) is 22.5. The number of nitrogens with one attached hydrogen (secondary N) is 2. The number of amides is 2. The number of hydrogen-bond donors (Lipinski definition) is 5. The molecule has 200 valence electrons. The lowest BCUT2D eigenvalue weighted by Crippen LogP contribution is -2.49. The predicted octanol–water partition coefficient (Wildman–Crippen LogP) is 1.02. The maximum absolute atomic E-state index is 13.2. The first-order chi connectivity index (χ1) is 18.4. The van der Waals surface area contributed by atoms with Crippen LogP contribution >= 0.6 is 0 Å². The molecule has 0 radical (unpaired) electrons. The first kappa shape index (κ1) is 25.8. The number of primary amides is 1. The highest BCUT2D eigenvalue weighted by molar-refractivity contribution is 5.97. The number of anilines is 1. The van der Waals surface area contributed by atoms with Gasteiger partial charge in [0, 0.05) is 60.4 Å². The van der Waals surface area contributed by atoms with E-state index in [0.29, 0.717) is 19.0 Å². The van der Waals surface area contributed by atoms with Gasteiger partial charge in [-0.3, -0.25) is 9.59 Å². The predicted molar refractivity (Wildman–Crippen MR) is 142 cm³/mol. The van der Waals surface area contributed by atoms with Gasteiger partial charge in [0.05, 0.1) is 19.3 Å². The highest BCUT2D eigenvalue weighted by atomic mass is 16.5. The summed E-state index contributed by atoms with van der Waals surface area (Å²) in [7, 11) is 0. The Morgan fingerprint density at radius 1 is 1.16 bits per heavy atom. The van der Waals surface area contributed by atoms with E-state index in [9.17, 15) is 19.8 Å². The number of aliphatic hydroxyl groups excluding tert-OH is 2. The van der Waals surface area contributed by atoms with Gasteiger partial charge in [-0.1, -0.05) is 24.3 Å². The van der Waals surface area contributed by atoms with Crippen LogP contribution in [0.1, 0.15) is 12.0 Å². The van der Waals surface area contributed by atoms with Gasteiger partial charge in [0.2, 0.25) is 11.8 Å². The molecule has 6 N–H and O–H groups in total. The van der Waals surface area contributed by atoms with Crippen LogP contribution in [0, 0.1) is 0 Å². The number of para-hydroxylation sites is 1. The van der Waals surface area contributed by atoms with E-state index in [-0.39, 0.29) is 18.4 Å². The number of carbonyl (C=O) groups is 2. The first-order valence-corrected chi connectivity index (χ1v) is 12.7. The summed E-state index contributed by atoms with van der Waals surface area (Å²) in [6, 6.07) is 14.1. The Labute approximate surface area is 220 Å². The molecule has 0 bridgehead atoms. The van der Waals surface area contributed by atoms with E-state index >= 15 is 0 Å². The van der Waals surface area contributed by atoms with E-state index in [1.807, 2.05) is 42.5 Å². The molecule has 1 aliphatic carbocycles. The average Bonchev–Trinajstić information content (AvgIpc) is 3.34. The van der Waals surface area contributed by atoms with Gasteiger partial charge in [-0.15, -0.1) is 0 Å². The molecule has 1 aliphatic heterocycles. The summed E-state index contributed by atoms with van der Waals surface area (Å²) < 4.78 is 11.4. The average molecular weight is 521 g/mol. The lowest BCUT2D eigenvalue weighted by Gasteiger charge is -2.32. The number of rotatable bonds is 8. The summed E-state index contributed by atoms with van der Waals surface area (Å²) in [5.74, 6) is -0.721. The summed E-state index contributed by atoms with van der Waals surface area (Å²) >= 11 is 0. The Morgan fingerprint density at radius 3 is 2.74 bits per heavy atom. The molecule has 3 aromatic rings. The van der Waals surface area contributed by atoms with Crippen molar-refractivity contribution in [1.82, 2.24) is 10.3 Å². The fourth-order valence-electron chi connectivity index (χ4n) is 4.93. The van der Waals surface area contributed by atoms with Crippen LogP contribution < -0.4 is 20.7 Å². The van der Waals surface area contributed by atoms with Crippen molar-refractivity contribution in [3.05, 3.63) is 71.9 Å². The number of benzene rings is 2. The Bertz CT molecular complexity index is 1330. The van der Waals surface area contributed by atoms with E-state index in [4.69, 9.17) is 15.2 Å². The van der Waals surface area contributed by atoms with E-state index in [2.05, 4.69) is 15.2 Å². The number of carbonyl (C=O) groups excluding carboxylic acids is 2. The summed E-state index contributed by atoms with van der Waals surface area (Å²) in [6.07, 6.45) is 0.0157. The molecule has 4 atom stereocenters. The smallest absolute Gasteiger partial charge is 0.247 e. The summed E-state index contributed by atoms with van der Waals surface area (Å²) in [5, 5.41) is 24.7. The third-order valence-corrected chi connectivity index (χ3v) is 7.03. The number of H-pyrrole nitrogens is 1. The summed E-state index contributed by atoms with van der Waals surface area (Å²) in [4.78, 5) is 30.7. The number of ether oxygens (including phenoxy) is 2. The van der Waals surface area contributed by atoms with Gasteiger partial charge < -0.3 is 40.6 Å². The van der Waals surface area contributed by atoms with Crippen molar-refractivity contribution in [2.75, 3.05) is 31.2 Å². The van der Waals surface area contributed by atoms with Crippen molar-refractivity contribution < 1.29 is 29.3 Å². The molecule has 2 aromatic carbocycles. The molecular weight excluding hydrogens is 488 g/mol. The van der Waals surface area contributed by atoms with Gasteiger partial charge in [-0.05, 0) is 29.8 Å². The van der Waals surface area contributed by atoms with E-state index in [1.165, 1.54) is 6.08 Å². The highest BCUT2D eigenvalue weighted by Crippen LogP contribution is 2.28. The van der Waals surface area contributed by atoms with Crippen molar-refractivity contribution >= 4 is 28.4 Å². The number of hydrogen-bond acceptors (Lipinski definition) is 7. The van der Waals surface area contributed by atoms with Gasteiger partial charge in [0.1, 0.15) is 24.0 Å². The van der Waals surface area contributed by atoms with Crippen molar-refractivity contribution in [3.63, 3.8) is 0 Å². The third-order valence-electron chi connectivity index (χ3n) is 7.03. The molecule has 5 rings (SSSR count). The molecule has 4 unspecified atom stereocenters. The minimum Gasteiger partial charge on any atom is -0.483 e. The lowest BCUT2D eigenvalue weighted by molar-refractivity contribution is -0.126. The number of aromatic nitrogens is 1. The van der Waals surface area contributed by atoms with Gasteiger partial charge in [-0.2, -0.15) is 0 Å². The maximum Gasteiger partial charge on any atom is 0.247 e. The molecule has 0 spiro atoms. The molecule has 2 aliphatic rings. The second-order valence-electron chi connectivity index (χ2n) is 9.63. The second kappa shape index (κ2) is 11.3. The molecule has 38 heavy (non-hydrogen) atoms. The zero-order valence-corrected chi connectivity index (χ0v) is 20.9. The molecule has 1 aromatic heterocycles. The van der Waals surface area contributed by atoms with Crippen molar-refractivity contribution in [2.24, 2.45) is 5.73 Å². The Hall–Kier alpha value is -3.86. The second-order valence-corrected chi connectivity index (χ2v) is 9.63. The number of morpholine rings is 1. The van der Waals surface area contributed by atoms with E-state index in [1.54, 1.807) is 12.3 Å². The van der Waals surface area contributed by atoms with Crippen LogP contribution in [-0.2, 0) is 20.7 Å². The van der Waals surface area contributed by atoms with Gasteiger partial charge in [-0.25, -0.2) is 0 Å². The minimum absolute atomic E-state index is 0.0841. The summed E-state index contributed by atoms with van der Waals surface area (Å²) in [5.41, 5.74) is 8.55.